The molecule has 4 nitrogen and oxygen atoms in total. The van der Waals surface area contributed by atoms with E-state index in [1.807, 2.05) is 38.1 Å². The summed E-state index contributed by atoms with van der Waals surface area (Å²) in [5.41, 5.74) is 0.616. The largest absolute Gasteiger partial charge is 0.378 e. The predicted molar refractivity (Wildman–Crippen MR) is 82.3 cm³/mol. The first kappa shape index (κ1) is 15.5. The van der Waals surface area contributed by atoms with Crippen molar-refractivity contribution >= 4 is 21.8 Å². The van der Waals surface area contributed by atoms with Crippen LogP contribution in [0.3, 0.4) is 0 Å². The van der Waals surface area contributed by atoms with Gasteiger partial charge >= 0.3 is 0 Å². The van der Waals surface area contributed by atoms with Crippen molar-refractivity contribution in [1.29, 1.82) is 0 Å². The van der Waals surface area contributed by atoms with Crippen LogP contribution in [0, 0.1) is 0 Å². The van der Waals surface area contributed by atoms with E-state index in [-0.39, 0.29) is 17.6 Å². The molecule has 1 aromatic carbocycles. The molecule has 2 fully saturated rings. The molecule has 2 aliphatic rings. The van der Waals surface area contributed by atoms with Crippen LogP contribution in [0.25, 0.3) is 0 Å². The molecule has 20 heavy (non-hydrogen) atoms. The van der Waals surface area contributed by atoms with Crippen LogP contribution in [0.5, 0.6) is 0 Å². The van der Waals surface area contributed by atoms with Crippen LogP contribution in [0.15, 0.2) is 28.7 Å². The van der Waals surface area contributed by atoms with E-state index in [1.54, 1.807) is 0 Å². The lowest BCUT2D eigenvalue weighted by molar-refractivity contribution is -0.121. The first-order valence-corrected chi connectivity index (χ1v) is 7.91. The lowest BCUT2D eigenvalue weighted by Crippen LogP contribution is -2.55. The van der Waals surface area contributed by atoms with Crippen molar-refractivity contribution < 1.29 is 9.53 Å². The molecule has 0 bridgehead atoms. The third-order valence-electron chi connectivity index (χ3n) is 3.49. The van der Waals surface area contributed by atoms with Crippen LogP contribution in [0.2, 0.25) is 0 Å². The second-order valence-electron chi connectivity index (χ2n) is 4.86. The molecular formula is C15H21BrN2O2. The number of rotatable bonds is 1. The van der Waals surface area contributed by atoms with Gasteiger partial charge in [-0.15, -0.1) is 0 Å². The minimum absolute atomic E-state index is 0.0304. The Bertz CT molecular complexity index is 455. The molecule has 1 aromatic rings. The van der Waals surface area contributed by atoms with Gasteiger partial charge in [0.15, 0.2) is 0 Å². The Morgan fingerprint density at radius 1 is 1.30 bits per heavy atom. The second kappa shape index (κ2) is 6.70. The van der Waals surface area contributed by atoms with Crippen LogP contribution in [-0.4, -0.2) is 24.8 Å². The van der Waals surface area contributed by atoms with Gasteiger partial charge < -0.3 is 10.1 Å². The molecule has 2 unspecified atom stereocenters. The normalized spacial score (nSPS) is 28.8. The Hall–Kier alpha value is -0.910. The van der Waals surface area contributed by atoms with Crippen molar-refractivity contribution in [2.45, 2.75) is 38.4 Å². The number of benzene rings is 1. The number of carbonyl (C=O) groups excluding carboxylic acids is 1. The Labute approximate surface area is 128 Å². The summed E-state index contributed by atoms with van der Waals surface area (Å²) in [5.74, 6) is 0.0304. The average Bonchev–Trinajstić information content (AvgIpc) is 2.79. The molecule has 110 valence electrons. The maximum absolute atomic E-state index is 12.1. The Kier molecular flexibility index (Phi) is 5.18. The summed E-state index contributed by atoms with van der Waals surface area (Å²) in [5, 5.41) is 6.44. The van der Waals surface area contributed by atoms with Crippen LogP contribution in [0.1, 0.15) is 38.3 Å². The van der Waals surface area contributed by atoms with Crippen molar-refractivity contribution in [1.82, 2.24) is 10.6 Å². The van der Waals surface area contributed by atoms with Gasteiger partial charge in [0, 0.05) is 11.1 Å². The standard InChI is InChI=1S/C13H15BrN2O2.C2H6/c14-10-4-2-9(3-5-10)11-12(17)16-13(15-11)6-1-7-18-8-13;1-2/h2-5,11,15H,1,6-8H2,(H,16,17);1-2H3. The van der Waals surface area contributed by atoms with E-state index >= 15 is 0 Å². The number of carbonyl (C=O) groups is 1. The lowest BCUT2D eigenvalue weighted by Gasteiger charge is -2.33. The maximum Gasteiger partial charge on any atom is 0.243 e. The maximum atomic E-state index is 12.1. The molecule has 0 radical (unpaired) electrons. The zero-order chi connectivity index (χ0) is 14.6. The Balaban J connectivity index is 0.000000704. The first-order valence-electron chi connectivity index (χ1n) is 7.11. The van der Waals surface area contributed by atoms with Gasteiger partial charge in [-0.25, -0.2) is 0 Å². The topological polar surface area (TPSA) is 50.4 Å². The molecule has 0 aromatic heterocycles. The van der Waals surface area contributed by atoms with E-state index in [9.17, 15) is 4.79 Å². The minimum Gasteiger partial charge on any atom is -0.378 e. The molecule has 0 aliphatic carbocycles. The fourth-order valence-electron chi connectivity index (χ4n) is 2.58. The molecule has 2 heterocycles. The number of hydrogen-bond donors (Lipinski definition) is 2. The summed E-state index contributed by atoms with van der Waals surface area (Å²) < 4.78 is 6.49. The summed E-state index contributed by atoms with van der Waals surface area (Å²) >= 11 is 3.40. The zero-order valence-electron chi connectivity index (χ0n) is 11.9. The van der Waals surface area contributed by atoms with Crippen molar-refractivity contribution in [3.05, 3.63) is 34.3 Å². The predicted octanol–water partition coefficient (Wildman–Crippen LogP) is 2.74. The van der Waals surface area contributed by atoms with Gasteiger partial charge in [-0.3, -0.25) is 10.1 Å². The van der Waals surface area contributed by atoms with Crippen molar-refractivity contribution in [3.63, 3.8) is 0 Å². The van der Waals surface area contributed by atoms with Crippen LogP contribution in [-0.2, 0) is 9.53 Å². The number of halogens is 1. The van der Waals surface area contributed by atoms with E-state index in [0.29, 0.717) is 6.61 Å². The lowest BCUT2D eigenvalue weighted by atomic mass is 10.0. The summed E-state index contributed by atoms with van der Waals surface area (Å²) in [7, 11) is 0. The van der Waals surface area contributed by atoms with Gasteiger partial charge in [0.25, 0.3) is 0 Å². The van der Waals surface area contributed by atoms with Gasteiger partial charge in [-0.2, -0.15) is 0 Å². The second-order valence-corrected chi connectivity index (χ2v) is 5.77. The molecule has 2 N–H and O–H groups in total. The average molecular weight is 341 g/mol. The fourth-order valence-corrected chi connectivity index (χ4v) is 2.85. The van der Waals surface area contributed by atoms with E-state index in [2.05, 4.69) is 26.6 Å². The highest BCUT2D eigenvalue weighted by Gasteiger charge is 2.45. The van der Waals surface area contributed by atoms with Gasteiger partial charge in [0.2, 0.25) is 5.91 Å². The Morgan fingerprint density at radius 3 is 2.60 bits per heavy atom. The molecule has 2 atom stereocenters. The smallest absolute Gasteiger partial charge is 0.243 e. The number of ether oxygens (including phenoxy) is 1. The summed E-state index contributed by atoms with van der Waals surface area (Å²) in [6, 6.07) is 7.55. The molecule has 2 aliphatic heterocycles. The van der Waals surface area contributed by atoms with Gasteiger partial charge in [-0.05, 0) is 30.5 Å². The molecule has 0 saturated carbocycles. The highest BCUT2D eigenvalue weighted by atomic mass is 79.9. The summed E-state index contributed by atoms with van der Waals surface area (Å²) in [6.45, 7) is 5.33. The Morgan fingerprint density at radius 2 is 2.00 bits per heavy atom. The zero-order valence-corrected chi connectivity index (χ0v) is 13.5. The highest BCUT2D eigenvalue weighted by Crippen LogP contribution is 2.28. The van der Waals surface area contributed by atoms with Gasteiger partial charge in [0.05, 0.1) is 6.61 Å². The molecular weight excluding hydrogens is 320 g/mol. The number of amides is 1. The van der Waals surface area contributed by atoms with Crippen molar-refractivity contribution in [2.24, 2.45) is 0 Å². The summed E-state index contributed by atoms with van der Waals surface area (Å²) in [6.07, 6.45) is 1.89. The molecule has 2 saturated heterocycles. The third kappa shape index (κ3) is 3.22. The molecule has 1 spiro atoms. The van der Waals surface area contributed by atoms with Crippen LogP contribution >= 0.6 is 15.9 Å². The van der Waals surface area contributed by atoms with E-state index in [0.717, 1.165) is 29.5 Å². The minimum atomic E-state index is -0.368. The van der Waals surface area contributed by atoms with Crippen molar-refractivity contribution in [2.75, 3.05) is 13.2 Å². The van der Waals surface area contributed by atoms with Crippen LogP contribution < -0.4 is 10.6 Å². The van der Waals surface area contributed by atoms with Gasteiger partial charge in [0.1, 0.15) is 11.7 Å². The van der Waals surface area contributed by atoms with E-state index in [4.69, 9.17) is 4.74 Å². The van der Waals surface area contributed by atoms with Gasteiger partial charge in [-0.1, -0.05) is 41.9 Å². The number of hydrogen-bond acceptors (Lipinski definition) is 3. The monoisotopic (exact) mass is 340 g/mol. The molecule has 5 heteroatoms. The number of nitrogens with one attached hydrogen (secondary N) is 2. The molecule has 1 amide bonds. The first-order chi connectivity index (χ1) is 9.69. The molecule has 3 rings (SSSR count). The highest BCUT2D eigenvalue weighted by molar-refractivity contribution is 9.10. The van der Waals surface area contributed by atoms with E-state index < -0.39 is 0 Å². The SMILES string of the molecule is CC.O=C1NC2(CCCOC2)NC1c1ccc(Br)cc1. The van der Waals surface area contributed by atoms with Crippen molar-refractivity contribution in [3.8, 4) is 0 Å². The quantitative estimate of drug-likeness (QED) is 0.826. The third-order valence-corrected chi connectivity index (χ3v) is 4.02. The summed E-state index contributed by atoms with van der Waals surface area (Å²) in [4.78, 5) is 12.1. The van der Waals surface area contributed by atoms with Crippen LogP contribution in [0.4, 0.5) is 0 Å². The van der Waals surface area contributed by atoms with E-state index in [1.165, 1.54) is 0 Å². The fraction of sp³-hybridized carbons (Fsp3) is 0.533.